The second-order valence-electron chi connectivity index (χ2n) is 7.29. The van der Waals surface area contributed by atoms with Gasteiger partial charge in [0.15, 0.2) is 0 Å². The highest BCUT2D eigenvalue weighted by Crippen LogP contribution is 2.41. The Morgan fingerprint density at radius 2 is 2.14 bits per heavy atom. The standard InChI is InChI=1S/C18H32N2O2/c1-6-11-18(7-2)12-9-14-20(16(18)21)19-13-8-10-15(19)17(3,4)22-5/h6,15H,1,7-14H2,2-5H3/t15-,18-/m0/s1. The number of ether oxygens (including phenoxy) is 1. The highest BCUT2D eigenvalue weighted by atomic mass is 16.5. The molecule has 0 aromatic carbocycles. The lowest BCUT2D eigenvalue weighted by molar-refractivity contribution is -0.179. The summed E-state index contributed by atoms with van der Waals surface area (Å²) < 4.78 is 5.71. The minimum absolute atomic E-state index is 0.235. The number of carbonyl (C=O) groups excluding carboxylic acids is 1. The van der Waals surface area contributed by atoms with Gasteiger partial charge < -0.3 is 4.74 Å². The normalized spacial score (nSPS) is 30.8. The molecule has 2 heterocycles. The maximum Gasteiger partial charge on any atom is 0.243 e. The van der Waals surface area contributed by atoms with E-state index in [0.29, 0.717) is 5.91 Å². The SMILES string of the molecule is C=CC[C@@]1(CC)CCCN(N2CCC[C@H]2C(C)(C)OC)C1=O. The van der Waals surface area contributed by atoms with Crippen LogP contribution in [0.25, 0.3) is 0 Å². The Bertz CT molecular complexity index is 421. The van der Waals surface area contributed by atoms with Crippen LogP contribution in [-0.4, -0.2) is 47.8 Å². The van der Waals surface area contributed by atoms with E-state index in [1.807, 2.05) is 11.1 Å². The Hall–Kier alpha value is -0.870. The molecule has 4 heteroatoms. The average Bonchev–Trinajstić information content (AvgIpc) is 3.00. The zero-order valence-corrected chi connectivity index (χ0v) is 14.7. The van der Waals surface area contributed by atoms with Crippen LogP contribution in [0.3, 0.4) is 0 Å². The van der Waals surface area contributed by atoms with Crippen molar-refractivity contribution in [3.63, 3.8) is 0 Å². The number of piperidine rings is 1. The van der Waals surface area contributed by atoms with Crippen molar-refractivity contribution in [1.82, 2.24) is 10.0 Å². The summed E-state index contributed by atoms with van der Waals surface area (Å²) in [4.78, 5) is 13.2. The molecule has 2 fully saturated rings. The van der Waals surface area contributed by atoms with Crippen LogP contribution >= 0.6 is 0 Å². The van der Waals surface area contributed by atoms with Crippen LogP contribution in [-0.2, 0) is 9.53 Å². The number of allylic oxidation sites excluding steroid dienone is 1. The van der Waals surface area contributed by atoms with Gasteiger partial charge >= 0.3 is 0 Å². The molecule has 0 bridgehead atoms. The molecular weight excluding hydrogens is 276 g/mol. The van der Waals surface area contributed by atoms with Gasteiger partial charge in [-0.05, 0) is 52.4 Å². The fourth-order valence-corrected chi connectivity index (χ4v) is 4.12. The predicted octanol–water partition coefficient (Wildman–Crippen LogP) is 3.39. The third-order valence-corrected chi connectivity index (χ3v) is 5.79. The van der Waals surface area contributed by atoms with E-state index < -0.39 is 0 Å². The Kier molecular flexibility index (Phi) is 5.33. The topological polar surface area (TPSA) is 32.8 Å². The van der Waals surface area contributed by atoms with Gasteiger partial charge in [-0.3, -0.25) is 9.80 Å². The summed E-state index contributed by atoms with van der Waals surface area (Å²) in [6.07, 6.45) is 7.85. The minimum atomic E-state index is -0.246. The summed E-state index contributed by atoms with van der Waals surface area (Å²) in [5.74, 6) is 0.292. The number of nitrogens with zero attached hydrogens (tertiary/aromatic N) is 2. The second kappa shape index (κ2) is 6.71. The van der Waals surface area contributed by atoms with Gasteiger partial charge in [-0.1, -0.05) is 13.0 Å². The summed E-state index contributed by atoms with van der Waals surface area (Å²) in [6, 6.07) is 0.276. The molecule has 2 aliphatic rings. The molecule has 1 amide bonds. The molecule has 2 aliphatic heterocycles. The molecule has 2 saturated heterocycles. The van der Waals surface area contributed by atoms with E-state index in [1.165, 1.54) is 0 Å². The number of hydrogen-bond donors (Lipinski definition) is 0. The first-order valence-corrected chi connectivity index (χ1v) is 8.66. The van der Waals surface area contributed by atoms with Crippen LogP contribution in [0.15, 0.2) is 12.7 Å². The molecule has 0 aromatic heterocycles. The van der Waals surface area contributed by atoms with Crippen molar-refractivity contribution in [2.45, 2.75) is 70.9 Å². The molecule has 22 heavy (non-hydrogen) atoms. The smallest absolute Gasteiger partial charge is 0.243 e. The number of rotatable bonds is 6. The van der Waals surface area contributed by atoms with Gasteiger partial charge in [0.25, 0.3) is 0 Å². The summed E-state index contributed by atoms with van der Waals surface area (Å²) >= 11 is 0. The fourth-order valence-electron chi connectivity index (χ4n) is 4.12. The van der Waals surface area contributed by atoms with Crippen LogP contribution in [0.5, 0.6) is 0 Å². The molecule has 126 valence electrons. The second-order valence-corrected chi connectivity index (χ2v) is 7.29. The largest absolute Gasteiger partial charge is 0.377 e. The molecule has 0 saturated carbocycles. The maximum atomic E-state index is 13.2. The van der Waals surface area contributed by atoms with Gasteiger partial charge in [0.05, 0.1) is 17.1 Å². The Balaban J connectivity index is 2.23. The first kappa shape index (κ1) is 17.5. The molecule has 0 radical (unpaired) electrons. The quantitative estimate of drug-likeness (QED) is 0.705. The summed E-state index contributed by atoms with van der Waals surface area (Å²) in [6.45, 7) is 12.0. The summed E-state index contributed by atoms with van der Waals surface area (Å²) in [5, 5.41) is 4.33. The molecule has 2 rings (SSSR count). The van der Waals surface area contributed by atoms with Crippen molar-refractivity contribution < 1.29 is 9.53 Å². The van der Waals surface area contributed by atoms with Crippen molar-refractivity contribution in [3.8, 4) is 0 Å². The molecule has 0 spiro atoms. The zero-order chi connectivity index (χ0) is 16.4. The third-order valence-electron chi connectivity index (χ3n) is 5.79. The number of hydrogen-bond acceptors (Lipinski definition) is 3. The van der Waals surface area contributed by atoms with Crippen molar-refractivity contribution in [1.29, 1.82) is 0 Å². The zero-order valence-electron chi connectivity index (χ0n) is 14.7. The molecule has 2 atom stereocenters. The molecule has 4 nitrogen and oxygen atoms in total. The molecule has 0 N–H and O–H groups in total. The lowest BCUT2D eigenvalue weighted by atomic mass is 9.74. The lowest BCUT2D eigenvalue weighted by Gasteiger charge is -2.48. The third kappa shape index (κ3) is 2.95. The highest BCUT2D eigenvalue weighted by Gasteiger charge is 2.48. The van der Waals surface area contributed by atoms with Crippen LogP contribution in [0.4, 0.5) is 0 Å². The van der Waals surface area contributed by atoms with Crippen molar-refractivity contribution in [2.24, 2.45) is 5.41 Å². The van der Waals surface area contributed by atoms with E-state index in [4.69, 9.17) is 4.74 Å². The van der Waals surface area contributed by atoms with Gasteiger partial charge in [-0.25, -0.2) is 5.01 Å². The van der Waals surface area contributed by atoms with Gasteiger partial charge in [0.2, 0.25) is 5.91 Å². The Labute approximate surface area is 135 Å². The van der Waals surface area contributed by atoms with Gasteiger partial charge in [0.1, 0.15) is 0 Å². The number of carbonyl (C=O) groups is 1. The number of amides is 1. The minimum Gasteiger partial charge on any atom is -0.377 e. The highest BCUT2D eigenvalue weighted by molar-refractivity contribution is 5.83. The van der Waals surface area contributed by atoms with E-state index in [2.05, 4.69) is 32.4 Å². The average molecular weight is 308 g/mol. The van der Waals surface area contributed by atoms with Gasteiger partial charge in [0, 0.05) is 20.2 Å². The van der Waals surface area contributed by atoms with E-state index >= 15 is 0 Å². The van der Waals surface area contributed by atoms with Gasteiger partial charge in [-0.2, -0.15) is 0 Å². The maximum absolute atomic E-state index is 13.2. The van der Waals surface area contributed by atoms with Crippen LogP contribution < -0.4 is 0 Å². The number of methoxy groups -OCH3 is 1. The molecule has 0 aromatic rings. The fraction of sp³-hybridized carbons (Fsp3) is 0.833. The van der Waals surface area contributed by atoms with Crippen LogP contribution in [0, 0.1) is 5.41 Å². The van der Waals surface area contributed by atoms with E-state index in [9.17, 15) is 4.79 Å². The van der Waals surface area contributed by atoms with Crippen molar-refractivity contribution in [3.05, 3.63) is 12.7 Å². The first-order valence-electron chi connectivity index (χ1n) is 8.66. The van der Waals surface area contributed by atoms with E-state index in [0.717, 1.165) is 51.6 Å². The molecule has 0 unspecified atom stereocenters. The van der Waals surface area contributed by atoms with Crippen molar-refractivity contribution >= 4 is 5.91 Å². The van der Waals surface area contributed by atoms with Crippen LogP contribution in [0.1, 0.15) is 59.3 Å². The first-order chi connectivity index (χ1) is 10.4. The molecular formula is C18H32N2O2. The van der Waals surface area contributed by atoms with Crippen molar-refractivity contribution in [2.75, 3.05) is 20.2 Å². The summed E-state index contributed by atoms with van der Waals surface area (Å²) in [5.41, 5.74) is -0.480. The number of hydrazine groups is 1. The lowest BCUT2D eigenvalue weighted by Crippen LogP contribution is -2.61. The van der Waals surface area contributed by atoms with Gasteiger partial charge in [-0.15, -0.1) is 6.58 Å². The molecule has 0 aliphatic carbocycles. The summed E-state index contributed by atoms with van der Waals surface area (Å²) in [7, 11) is 1.77. The Morgan fingerprint density at radius 1 is 1.41 bits per heavy atom. The monoisotopic (exact) mass is 308 g/mol. The predicted molar refractivity (Wildman–Crippen MR) is 89.3 cm³/mol. The Morgan fingerprint density at radius 3 is 2.73 bits per heavy atom. The van der Waals surface area contributed by atoms with E-state index in [1.54, 1.807) is 7.11 Å². The van der Waals surface area contributed by atoms with Crippen LogP contribution in [0.2, 0.25) is 0 Å². The van der Waals surface area contributed by atoms with E-state index in [-0.39, 0.29) is 17.1 Å².